The van der Waals surface area contributed by atoms with Crippen LogP contribution in [-0.4, -0.2) is 11.9 Å². The fraction of sp³-hybridized carbons (Fsp3) is 0.158. The first-order chi connectivity index (χ1) is 12.4. The molecule has 2 aromatic rings. The molecule has 3 amide bonds. The molecule has 0 radical (unpaired) electrons. The number of amides is 3. The summed E-state index contributed by atoms with van der Waals surface area (Å²) in [5, 5.41) is 7.78. The van der Waals surface area contributed by atoms with Gasteiger partial charge < -0.3 is 16.0 Å². The van der Waals surface area contributed by atoms with Gasteiger partial charge in [0.2, 0.25) is 5.91 Å². The van der Waals surface area contributed by atoms with Gasteiger partial charge in [-0.15, -0.1) is 0 Å². The molecule has 26 heavy (non-hydrogen) atoms. The third kappa shape index (κ3) is 3.42. The van der Waals surface area contributed by atoms with E-state index in [0.29, 0.717) is 0 Å². The second-order valence-corrected chi connectivity index (χ2v) is 6.05. The Kier molecular flexibility index (Phi) is 4.71. The molecule has 3 N–H and O–H groups in total. The van der Waals surface area contributed by atoms with Crippen molar-refractivity contribution in [3.05, 3.63) is 77.5 Å². The standard InChI is InChI=1S/C19H17F2N3O2/c1-10-5-3-4-6-13(10)17-16(11(2)22-19(26)24-17)18(25)23-12-7-8-14(20)15(21)9-12/h3-9,16-17H,2H2,1H3,(H,23,25)(H2,22,24,26)/t16-,17-/m1/s1. The zero-order chi connectivity index (χ0) is 18.8. The van der Waals surface area contributed by atoms with Gasteiger partial charge in [0.05, 0.1) is 6.04 Å². The molecular weight excluding hydrogens is 340 g/mol. The van der Waals surface area contributed by atoms with E-state index in [1.807, 2.05) is 31.2 Å². The van der Waals surface area contributed by atoms with Gasteiger partial charge in [-0.1, -0.05) is 30.8 Å². The van der Waals surface area contributed by atoms with Crippen LogP contribution in [0.3, 0.4) is 0 Å². The molecule has 2 atom stereocenters. The van der Waals surface area contributed by atoms with Crippen LogP contribution in [0.5, 0.6) is 0 Å². The SMILES string of the molecule is C=C1NC(=O)N[C@H](c2ccccc2C)[C@@H]1C(=O)Nc1ccc(F)c(F)c1. The Morgan fingerprint density at radius 1 is 1.15 bits per heavy atom. The Hall–Kier alpha value is -3.22. The van der Waals surface area contributed by atoms with E-state index in [1.165, 1.54) is 6.07 Å². The van der Waals surface area contributed by atoms with Crippen molar-refractivity contribution >= 4 is 17.6 Å². The van der Waals surface area contributed by atoms with Crippen LogP contribution in [0.4, 0.5) is 19.3 Å². The maximum absolute atomic E-state index is 13.4. The fourth-order valence-electron chi connectivity index (χ4n) is 2.98. The van der Waals surface area contributed by atoms with E-state index < -0.39 is 35.5 Å². The summed E-state index contributed by atoms with van der Waals surface area (Å²) in [5.41, 5.74) is 2.01. The average Bonchev–Trinajstić information content (AvgIpc) is 2.57. The van der Waals surface area contributed by atoms with Crippen molar-refractivity contribution in [3.63, 3.8) is 0 Å². The molecule has 5 nitrogen and oxygen atoms in total. The van der Waals surface area contributed by atoms with E-state index in [4.69, 9.17) is 0 Å². The van der Waals surface area contributed by atoms with Crippen molar-refractivity contribution in [3.8, 4) is 0 Å². The lowest BCUT2D eigenvalue weighted by Crippen LogP contribution is -2.52. The largest absolute Gasteiger partial charge is 0.330 e. The van der Waals surface area contributed by atoms with Gasteiger partial charge in [-0.05, 0) is 30.2 Å². The molecule has 0 unspecified atom stereocenters. The van der Waals surface area contributed by atoms with Crippen molar-refractivity contribution in [2.75, 3.05) is 5.32 Å². The van der Waals surface area contributed by atoms with Crippen LogP contribution >= 0.6 is 0 Å². The van der Waals surface area contributed by atoms with Crippen LogP contribution in [-0.2, 0) is 4.79 Å². The third-order valence-corrected chi connectivity index (χ3v) is 4.26. The molecule has 0 aliphatic carbocycles. The number of anilines is 1. The van der Waals surface area contributed by atoms with E-state index in [9.17, 15) is 18.4 Å². The summed E-state index contributed by atoms with van der Waals surface area (Å²) in [7, 11) is 0. The molecule has 1 heterocycles. The Bertz CT molecular complexity index is 898. The Labute approximate surface area is 149 Å². The van der Waals surface area contributed by atoms with Crippen LogP contribution in [0, 0.1) is 24.5 Å². The first-order valence-corrected chi connectivity index (χ1v) is 7.94. The van der Waals surface area contributed by atoms with Crippen molar-refractivity contribution in [2.24, 2.45) is 5.92 Å². The second kappa shape index (κ2) is 6.95. The number of rotatable bonds is 3. The number of hydrogen-bond acceptors (Lipinski definition) is 2. The number of benzene rings is 2. The summed E-state index contributed by atoms with van der Waals surface area (Å²) in [6.45, 7) is 5.65. The number of halogens is 2. The first kappa shape index (κ1) is 17.6. The molecule has 0 bridgehead atoms. The molecule has 1 aliphatic heterocycles. The summed E-state index contributed by atoms with van der Waals surface area (Å²) in [5.74, 6) is -3.40. The Morgan fingerprint density at radius 3 is 2.58 bits per heavy atom. The minimum absolute atomic E-state index is 0.113. The molecule has 2 aromatic carbocycles. The molecule has 1 saturated heterocycles. The van der Waals surface area contributed by atoms with Crippen LogP contribution in [0.15, 0.2) is 54.7 Å². The van der Waals surface area contributed by atoms with Gasteiger partial charge in [0.1, 0.15) is 5.92 Å². The van der Waals surface area contributed by atoms with Gasteiger partial charge in [-0.2, -0.15) is 0 Å². The van der Waals surface area contributed by atoms with Gasteiger partial charge in [0, 0.05) is 17.5 Å². The van der Waals surface area contributed by atoms with E-state index in [1.54, 1.807) is 0 Å². The predicted molar refractivity (Wildman–Crippen MR) is 93.2 cm³/mol. The zero-order valence-corrected chi connectivity index (χ0v) is 14.0. The van der Waals surface area contributed by atoms with E-state index >= 15 is 0 Å². The highest BCUT2D eigenvalue weighted by Gasteiger charge is 2.38. The second-order valence-electron chi connectivity index (χ2n) is 6.05. The highest BCUT2D eigenvalue weighted by atomic mass is 19.2. The highest BCUT2D eigenvalue weighted by molar-refractivity contribution is 5.97. The third-order valence-electron chi connectivity index (χ3n) is 4.26. The summed E-state index contributed by atoms with van der Waals surface area (Å²) < 4.78 is 26.4. The number of urea groups is 1. The van der Waals surface area contributed by atoms with Crippen LogP contribution in [0.1, 0.15) is 17.2 Å². The summed E-state index contributed by atoms with van der Waals surface area (Å²) >= 11 is 0. The lowest BCUT2D eigenvalue weighted by atomic mass is 9.86. The van der Waals surface area contributed by atoms with E-state index in [-0.39, 0.29) is 11.4 Å². The quantitative estimate of drug-likeness (QED) is 0.788. The molecule has 7 heteroatoms. The molecule has 3 rings (SSSR count). The Morgan fingerprint density at radius 2 is 1.88 bits per heavy atom. The molecular formula is C19H17F2N3O2. The van der Waals surface area contributed by atoms with E-state index in [2.05, 4.69) is 22.5 Å². The maximum Gasteiger partial charge on any atom is 0.319 e. The van der Waals surface area contributed by atoms with Crippen LogP contribution in [0.25, 0.3) is 0 Å². The lowest BCUT2D eigenvalue weighted by molar-refractivity contribution is -0.119. The summed E-state index contributed by atoms with van der Waals surface area (Å²) in [4.78, 5) is 24.7. The molecule has 1 fully saturated rings. The highest BCUT2D eigenvalue weighted by Crippen LogP contribution is 2.32. The van der Waals surface area contributed by atoms with Gasteiger partial charge >= 0.3 is 6.03 Å². The minimum Gasteiger partial charge on any atom is -0.330 e. The molecule has 0 aromatic heterocycles. The Balaban J connectivity index is 1.92. The van der Waals surface area contributed by atoms with Gasteiger partial charge in [-0.3, -0.25) is 4.79 Å². The van der Waals surface area contributed by atoms with Crippen LogP contribution in [0.2, 0.25) is 0 Å². The monoisotopic (exact) mass is 357 g/mol. The predicted octanol–water partition coefficient (Wildman–Crippen LogP) is 3.40. The minimum atomic E-state index is -1.06. The van der Waals surface area contributed by atoms with Crippen LogP contribution < -0.4 is 16.0 Å². The van der Waals surface area contributed by atoms with Gasteiger partial charge in [0.15, 0.2) is 11.6 Å². The molecule has 0 saturated carbocycles. The molecule has 1 aliphatic rings. The molecule has 134 valence electrons. The van der Waals surface area contributed by atoms with E-state index in [0.717, 1.165) is 23.3 Å². The van der Waals surface area contributed by atoms with Crippen molar-refractivity contribution in [2.45, 2.75) is 13.0 Å². The first-order valence-electron chi connectivity index (χ1n) is 7.94. The van der Waals surface area contributed by atoms with Crippen molar-refractivity contribution in [1.29, 1.82) is 0 Å². The molecule has 0 spiro atoms. The van der Waals surface area contributed by atoms with Gasteiger partial charge in [-0.25, -0.2) is 13.6 Å². The topological polar surface area (TPSA) is 70.2 Å². The lowest BCUT2D eigenvalue weighted by Gasteiger charge is -2.34. The van der Waals surface area contributed by atoms with Crippen molar-refractivity contribution < 1.29 is 18.4 Å². The average molecular weight is 357 g/mol. The fourth-order valence-corrected chi connectivity index (χ4v) is 2.98. The number of hydrogen-bond donors (Lipinski definition) is 3. The number of nitrogens with one attached hydrogen (secondary N) is 3. The summed E-state index contributed by atoms with van der Waals surface area (Å²) in [6, 6.07) is 9.34. The number of aryl methyl sites for hydroxylation is 1. The zero-order valence-electron chi connectivity index (χ0n) is 14.0. The summed E-state index contributed by atoms with van der Waals surface area (Å²) in [6.07, 6.45) is 0. The van der Waals surface area contributed by atoms with Gasteiger partial charge in [0.25, 0.3) is 0 Å². The number of carbonyl (C=O) groups is 2. The normalized spacial score (nSPS) is 19.5. The smallest absolute Gasteiger partial charge is 0.319 e. The number of carbonyl (C=O) groups excluding carboxylic acids is 2. The van der Waals surface area contributed by atoms with Crippen molar-refractivity contribution in [1.82, 2.24) is 10.6 Å². The maximum atomic E-state index is 13.4.